The highest BCUT2D eigenvalue weighted by atomic mass is 32.1. The second kappa shape index (κ2) is 7.12. The third-order valence-electron chi connectivity index (χ3n) is 2.76. The zero-order valence-corrected chi connectivity index (χ0v) is 12.6. The molecule has 0 saturated carbocycles. The molecule has 0 fully saturated rings. The minimum Gasteiger partial charge on any atom is -0.497 e. The number of hydrogen-bond acceptors (Lipinski definition) is 6. The molecule has 0 amide bonds. The van der Waals surface area contributed by atoms with E-state index in [-0.39, 0.29) is 0 Å². The number of rotatable bonds is 7. The highest BCUT2D eigenvalue weighted by Gasteiger charge is 2.11. The Morgan fingerprint density at radius 2 is 2.05 bits per heavy atom. The number of nitrogens with zero attached hydrogens (tertiary/aromatic N) is 1. The molecule has 6 heteroatoms. The van der Waals surface area contributed by atoms with E-state index in [1.807, 2.05) is 24.4 Å². The van der Waals surface area contributed by atoms with Gasteiger partial charge in [-0.25, -0.2) is 4.98 Å². The van der Waals surface area contributed by atoms with Crippen LogP contribution in [-0.2, 0) is 4.74 Å². The van der Waals surface area contributed by atoms with Gasteiger partial charge in [0.05, 0.1) is 25.7 Å². The van der Waals surface area contributed by atoms with Crippen LogP contribution in [-0.4, -0.2) is 39.5 Å². The van der Waals surface area contributed by atoms with Crippen LogP contribution < -0.4 is 14.8 Å². The lowest BCUT2D eigenvalue weighted by Crippen LogP contribution is -2.06. The van der Waals surface area contributed by atoms with Crippen molar-refractivity contribution in [3.8, 4) is 21.9 Å². The molecule has 0 bridgehead atoms. The summed E-state index contributed by atoms with van der Waals surface area (Å²) in [6, 6.07) is 5.72. The standard InChI is InChI=1S/C14H18N2O3S/c1-17-7-6-15-14-16-9-13(20-14)11-8-10(18-2)4-5-12(11)19-3/h4-5,8-9H,6-7H2,1-3H3,(H,15,16). The van der Waals surface area contributed by atoms with E-state index >= 15 is 0 Å². The molecule has 1 aromatic heterocycles. The van der Waals surface area contributed by atoms with E-state index in [9.17, 15) is 0 Å². The largest absolute Gasteiger partial charge is 0.497 e. The molecule has 0 radical (unpaired) electrons. The number of hydrogen-bond donors (Lipinski definition) is 1. The molecule has 1 aromatic carbocycles. The van der Waals surface area contributed by atoms with E-state index in [1.165, 1.54) is 0 Å². The lowest BCUT2D eigenvalue weighted by Gasteiger charge is -2.08. The monoisotopic (exact) mass is 294 g/mol. The number of nitrogens with one attached hydrogen (secondary N) is 1. The summed E-state index contributed by atoms with van der Waals surface area (Å²) in [5.41, 5.74) is 0.976. The van der Waals surface area contributed by atoms with Crippen molar-refractivity contribution in [3.05, 3.63) is 24.4 Å². The quantitative estimate of drug-likeness (QED) is 0.796. The first-order valence-electron chi connectivity index (χ1n) is 6.19. The van der Waals surface area contributed by atoms with Crippen LogP contribution in [0.4, 0.5) is 5.13 Å². The van der Waals surface area contributed by atoms with Crippen molar-refractivity contribution in [2.75, 3.05) is 39.8 Å². The van der Waals surface area contributed by atoms with Gasteiger partial charge in [0.15, 0.2) is 5.13 Å². The summed E-state index contributed by atoms with van der Waals surface area (Å²) in [6.45, 7) is 1.39. The first-order chi connectivity index (χ1) is 9.78. The second-order valence-corrected chi connectivity index (χ2v) is 5.05. The topological polar surface area (TPSA) is 52.6 Å². The van der Waals surface area contributed by atoms with Crippen LogP contribution >= 0.6 is 11.3 Å². The molecular formula is C14H18N2O3S. The molecule has 1 heterocycles. The van der Waals surface area contributed by atoms with Crippen LogP contribution in [0.2, 0.25) is 0 Å². The molecule has 0 atom stereocenters. The zero-order chi connectivity index (χ0) is 14.4. The highest BCUT2D eigenvalue weighted by molar-refractivity contribution is 7.18. The molecular weight excluding hydrogens is 276 g/mol. The molecule has 20 heavy (non-hydrogen) atoms. The Bertz CT molecular complexity index is 557. The van der Waals surface area contributed by atoms with Gasteiger partial charge in [-0.3, -0.25) is 0 Å². The average Bonchev–Trinajstić information content (AvgIpc) is 2.95. The van der Waals surface area contributed by atoms with Gasteiger partial charge in [0.2, 0.25) is 0 Å². The maximum absolute atomic E-state index is 5.39. The summed E-state index contributed by atoms with van der Waals surface area (Å²) in [4.78, 5) is 5.38. The molecule has 0 aliphatic heterocycles. The van der Waals surface area contributed by atoms with Crippen LogP contribution in [0.3, 0.4) is 0 Å². The number of methoxy groups -OCH3 is 3. The Morgan fingerprint density at radius 1 is 1.20 bits per heavy atom. The van der Waals surface area contributed by atoms with Crippen molar-refractivity contribution < 1.29 is 14.2 Å². The first-order valence-corrected chi connectivity index (χ1v) is 7.01. The van der Waals surface area contributed by atoms with Crippen molar-refractivity contribution in [1.29, 1.82) is 0 Å². The number of thiazole rings is 1. The molecule has 5 nitrogen and oxygen atoms in total. The van der Waals surface area contributed by atoms with Gasteiger partial charge in [-0.2, -0.15) is 0 Å². The van der Waals surface area contributed by atoms with E-state index in [4.69, 9.17) is 14.2 Å². The van der Waals surface area contributed by atoms with Crippen molar-refractivity contribution in [3.63, 3.8) is 0 Å². The number of aromatic nitrogens is 1. The summed E-state index contributed by atoms with van der Waals surface area (Å²) >= 11 is 1.57. The summed E-state index contributed by atoms with van der Waals surface area (Å²) < 4.78 is 15.6. The minimum absolute atomic E-state index is 0.650. The second-order valence-electron chi connectivity index (χ2n) is 4.02. The lowest BCUT2D eigenvalue weighted by molar-refractivity contribution is 0.211. The van der Waals surface area contributed by atoms with Gasteiger partial charge in [0, 0.05) is 25.4 Å². The van der Waals surface area contributed by atoms with Gasteiger partial charge in [0.1, 0.15) is 11.5 Å². The highest BCUT2D eigenvalue weighted by Crippen LogP contribution is 2.37. The van der Waals surface area contributed by atoms with Crippen molar-refractivity contribution in [1.82, 2.24) is 4.98 Å². The maximum atomic E-state index is 5.39. The Balaban J connectivity index is 2.22. The van der Waals surface area contributed by atoms with Gasteiger partial charge in [-0.1, -0.05) is 11.3 Å². The van der Waals surface area contributed by atoms with E-state index < -0.39 is 0 Å². The third kappa shape index (κ3) is 3.40. The summed E-state index contributed by atoms with van der Waals surface area (Å²) in [6.07, 6.45) is 1.83. The van der Waals surface area contributed by atoms with Crippen molar-refractivity contribution in [2.45, 2.75) is 0 Å². The molecule has 0 aliphatic rings. The summed E-state index contributed by atoms with van der Waals surface area (Å²) in [5, 5.41) is 4.08. The number of benzene rings is 1. The number of anilines is 1. The Labute approximate surface area is 122 Å². The zero-order valence-electron chi connectivity index (χ0n) is 11.8. The average molecular weight is 294 g/mol. The van der Waals surface area contributed by atoms with Gasteiger partial charge < -0.3 is 19.5 Å². The Morgan fingerprint density at radius 3 is 2.75 bits per heavy atom. The van der Waals surface area contributed by atoms with Crippen LogP contribution in [0.5, 0.6) is 11.5 Å². The van der Waals surface area contributed by atoms with Crippen LogP contribution in [0.1, 0.15) is 0 Å². The SMILES string of the molecule is COCCNc1ncc(-c2cc(OC)ccc2OC)s1. The van der Waals surface area contributed by atoms with E-state index in [2.05, 4.69) is 10.3 Å². The molecule has 0 saturated heterocycles. The Kier molecular flexibility index (Phi) is 5.20. The van der Waals surface area contributed by atoms with E-state index in [1.54, 1.807) is 32.7 Å². The number of ether oxygens (including phenoxy) is 3. The van der Waals surface area contributed by atoms with E-state index in [0.717, 1.165) is 33.6 Å². The Hall–Kier alpha value is -1.79. The minimum atomic E-state index is 0.650. The van der Waals surface area contributed by atoms with Crippen molar-refractivity contribution in [2.24, 2.45) is 0 Å². The van der Waals surface area contributed by atoms with Gasteiger partial charge in [-0.05, 0) is 18.2 Å². The van der Waals surface area contributed by atoms with Crippen LogP contribution in [0, 0.1) is 0 Å². The molecule has 0 aliphatic carbocycles. The molecule has 1 N–H and O–H groups in total. The molecule has 108 valence electrons. The first kappa shape index (κ1) is 14.6. The van der Waals surface area contributed by atoms with Gasteiger partial charge >= 0.3 is 0 Å². The molecule has 0 spiro atoms. The fourth-order valence-corrected chi connectivity index (χ4v) is 2.61. The predicted molar refractivity (Wildman–Crippen MR) is 81.0 cm³/mol. The third-order valence-corrected chi connectivity index (χ3v) is 3.75. The van der Waals surface area contributed by atoms with Gasteiger partial charge in [-0.15, -0.1) is 0 Å². The fraction of sp³-hybridized carbons (Fsp3) is 0.357. The summed E-state index contributed by atoms with van der Waals surface area (Å²) in [5.74, 6) is 1.60. The summed E-state index contributed by atoms with van der Waals surface area (Å²) in [7, 11) is 4.98. The molecule has 0 unspecified atom stereocenters. The van der Waals surface area contributed by atoms with Crippen LogP contribution in [0.25, 0.3) is 10.4 Å². The van der Waals surface area contributed by atoms with E-state index in [0.29, 0.717) is 6.61 Å². The maximum Gasteiger partial charge on any atom is 0.183 e. The van der Waals surface area contributed by atoms with Crippen LogP contribution in [0.15, 0.2) is 24.4 Å². The predicted octanol–water partition coefficient (Wildman–Crippen LogP) is 2.89. The smallest absolute Gasteiger partial charge is 0.183 e. The fourth-order valence-electron chi connectivity index (χ4n) is 1.75. The molecule has 2 aromatic rings. The normalized spacial score (nSPS) is 10.3. The van der Waals surface area contributed by atoms with Gasteiger partial charge in [0.25, 0.3) is 0 Å². The molecule has 2 rings (SSSR count). The van der Waals surface area contributed by atoms with Crippen molar-refractivity contribution >= 4 is 16.5 Å². The lowest BCUT2D eigenvalue weighted by atomic mass is 10.1.